The van der Waals surface area contributed by atoms with Gasteiger partial charge in [0.1, 0.15) is 5.60 Å². The number of aromatic nitrogens is 2. The van der Waals surface area contributed by atoms with Gasteiger partial charge in [-0.05, 0) is 44.5 Å². The molecule has 0 unspecified atom stereocenters. The number of fused-ring (bicyclic) bond motifs is 5. The van der Waals surface area contributed by atoms with Crippen molar-refractivity contribution in [2.75, 3.05) is 0 Å². The first-order chi connectivity index (χ1) is 13.9. The summed E-state index contributed by atoms with van der Waals surface area (Å²) in [5.74, 6) is 0. The summed E-state index contributed by atoms with van der Waals surface area (Å²) < 4.78 is 7.31. The fourth-order valence-electron chi connectivity index (χ4n) is 3.98. The lowest BCUT2D eigenvalue weighted by Crippen LogP contribution is -2.26. The number of nitrogens with zero attached hydrogens (tertiary/aromatic N) is 1. The van der Waals surface area contributed by atoms with Crippen LogP contribution in [0, 0.1) is 0 Å². The Hall–Kier alpha value is -3.53. The average Bonchev–Trinajstić information content (AvgIpc) is 3.28. The lowest BCUT2D eigenvalue weighted by atomic mass is 9.99. The molecule has 0 saturated carbocycles. The highest BCUT2D eigenvalue weighted by Crippen LogP contribution is 2.39. The van der Waals surface area contributed by atoms with Gasteiger partial charge in [-0.15, -0.1) is 0 Å². The van der Waals surface area contributed by atoms with E-state index in [1.165, 1.54) is 0 Å². The number of ether oxygens (including phenoxy) is 1. The molecule has 0 spiro atoms. The average molecular weight is 382 g/mol. The van der Waals surface area contributed by atoms with E-state index in [0.717, 1.165) is 43.8 Å². The van der Waals surface area contributed by atoms with Gasteiger partial charge in [0.15, 0.2) is 0 Å². The highest BCUT2D eigenvalue weighted by molar-refractivity contribution is 6.23. The molecule has 1 N–H and O–H groups in total. The molecule has 0 aliphatic heterocycles. The van der Waals surface area contributed by atoms with E-state index in [1.807, 2.05) is 63.4 Å². The van der Waals surface area contributed by atoms with Crippen molar-refractivity contribution in [3.8, 4) is 11.1 Å². The highest BCUT2D eigenvalue weighted by atomic mass is 16.6. The summed E-state index contributed by atoms with van der Waals surface area (Å²) in [5, 5.41) is 3.30. The Kier molecular flexibility index (Phi) is 3.78. The van der Waals surface area contributed by atoms with Gasteiger partial charge in [0, 0.05) is 39.0 Å². The van der Waals surface area contributed by atoms with Crippen molar-refractivity contribution in [3.05, 3.63) is 72.9 Å². The van der Waals surface area contributed by atoms with E-state index in [0.29, 0.717) is 0 Å². The van der Waals surface area contributed by atoms with E-state index in [-0.39, 0.29) is 6.09 Å². The van der Waals surface area contributed by atoms with Crippen molar-refractivity contribution >= 4 is 38.8 Å². The number of H-pyrrole nitrogens is 1. The molecule has 0 aliphatic carbocycles. The lowest BCUT2D eigenvalue weighted by molar-refractivity contribution is 0.0544. The number of para-hydroxylation sites is 1. The minimum atomic E-state index is -0.564. The first-order valence-corrected chi connectivity index (χ1v) is 9.76. The predicted molar refractivity (Wildman–Crippen MR) is 118 cm³/mol. The molecule has 0 atom stereocenters. The first-order valence-electron chi connectivity index (χ1n) is 9.76. The predicted octanol–water partition coefficient (Wildman–Crippen LogP) is 6.73. The van der Waals surface area contributed by atoms with Gasteiger partial charge in [-0.1, -0.05) is 48.5 Å². The molecule has 3 aromatic carbocycles. The van der Waals surface area contributed by atoms with Crippen molar-refractivity contribution in [1.82, 2.24) is 9.55 Å². The van der Waals surface area contributed by atoms with E-state index in [4.69, 9.17) is 4.74 Å². The molecule has 144 valence electrons. The zero-order valence-electron chi connectivity index (χ0n) is 16.7. The molecule has 2 heterocycles. The summed E-state index contributed by atoms with van der Waals surface area (Å²) in [4.78, 5) is 16.5. The third-order valence-corrected chi connectivity index (χ3v) is 5.11. The number of hydrogen-bond acceptors (Lipinski definition) is 2. The number of nitrogens with one attached hydrogen (secondary N) is 1. The van der Waals surface area contributed by atoms with Crippen molar-refractivity contribution in [3.63, 3.8) is 0 Å². The van der Waals surface area contributed by atoms with Crippen LogP contribution in [0.5, 0.6) is 0 Å². The van der Waals surface area contributed by atoms with Gasteiger partial charge in [-0.2, -0.15) is 0 Å². The van der Waals surface area contributed by atoms with Crippen molar-refractivity contribution in [2.24, 2.45) is 0 Å². The number of rotatable bonds is 1. The van der Waals surface area contributed by atoms with Crippen LogP contribution >= 0.6 is 0 Å². The van der Waals surface area contributed by atoms with Gasteiger partial charge in [-0.3, -0.25) is 4.57 Å². The molecule has 5 aromatic rings. The van der Waals surface area contributed by atoms with Crippen LogP contribution in [0.4, 0.5) is 4.79 Å². The fraction of sp³-hybridized carbons (Fsp3) is 0.160. The molecule has 0 saturated heterocycles. The maximum atomic E-state index is 13.0. The maximum Gasteiger partial charge on any atom is 0.419 e. The molecule has 29 heavy (non-hydrogen) atoms. The Bertz CT molecular complexity index is 1370. The van der Waals surface area contributed by atoms with Gasteiger partial charge in [0.05, 0.1) is 5.52 Å². The standard InChI is InChI=1S/C25H22N2O2/c1-25(2,3)29-24(28)27-14-13-18-22-17-11-7-8-12-20(17)26-21(22)15-19(23(18)27)16-9-5-4-6-10-16/h4-15,26H,1-3H3. The molecular formula is C25H22N2O2. The van der Waals surface area contributed by atoms with Crippen LogP contribution in [-0.4, -0.2) is 21.2 Å². The number of benzene rings is 3. The number of carbonyl (C=O) groups excluding carboxylic acids is 1. The molecule has 2 aromatic heterocycles. The van der Waals surface area contributed by atoms with Crippen molar-refractivity contribution in [1.29, 1.82) is 0 Å². The molecule has 0 bridgehead atoms. The molecular weight excluding hydrogens is 360 g/mol. The first kappa shape index (κ1) is 17.6. The quantitative estimate of drug-likeness (QED) is 0.349. The van der Waals surface area contributed by atoms with E-state index < -0.39 is 5.60 Å². The van der Waals surface area contributed by atoms with Gasteiger partial charge in [0.2, 0.25) is 0 Å². The second-order valence-electron chi connectivity index (χ2n) is 8.31. The Labute approximate surface area is 168 Å². The number of carbonyl (C=O) groups is 1. The highest BCUT2D eigenvalue weighted by Gasteiger charge is 2.22. The van der Waals surface area contributed by atoms with Gasteiger partial charge >= 0.3 is 6.09 Å². The molecule has 4 heteroatoms. The summed E-state index contributed by atoms with van der Waals surface area (Å²) in [6, 6.07) is 22.5. The summed E-state index contributed by atoms with van der Waals surface area (Å²) in [7, 11) is 0. The summed E-state index contributed by atoms with van der Waals surface area (Å²) in [6.07, 6.45) is 1.44. The smallest absolute Gasteiger partial charge is 0.419 e. The van der Waals surface area contributed by atoms with Gasteiger partial charge < -0.3 is 9.72 Å². The van der Waals surface area contributed by atoms with Crippen LogP contribution < -0.4 is 0 Å². The lowest BCUT2D eigenvalue weighted by Gasteiger charge is -2.20. The topological polar surface area (TPSA) is 47.0 Å². The Balaban J connectivity index is 1.89. The van der Waals surface area contributed by atoms with Crippen LogP contribution in [-0.2, 0) is 4.74 Å². The maximum absolute atomic E-state index is 13.0. The third-order valence-electron chi connectivity index (χ3n) is 5.11. The van der Waals surface area contributed by atoms with Crippen LogP contribution in [0.2, 0.25) is 0 Å². The Morgan fingerprint density at radius 1 is 0.897 bits per heavy atom. The van der Waals surface area contributed by atoms with Crippen LogP contribution in [0.25, 0.3) is 43.8 Å². The van der Waals surface area contributed by atoms with Crippen LogP contribution in [0.15, 0.2) is 72.9 Å². The second kappa shape index (κ2) is 6.24. The number of hydrogen-bond donors (Lipinski definition) is 1. The van der Waals surface area contributed by atoms with Crippen LogP contribution in [0.1, 0.15) is 20.8 Å². The van der Waals surface area contributed by atoms with Crippen molar-refractivity contribution in [2.45, 2.75) is 26.4 Å². The third kappa shape index (κ3) is 2.88. The van der Waals surface area contributed by atoms with Crippen molar-refractivity contribution < 1.29 is 9.53 Å². The number of aromatic amines is 1. The minimum Gasteiger partial charge on any atom is -0.443 e. The molecule has 0 fully saturated rings. The minimum absolute atomic E-state index is 0.371. The van der Waals surface area contributed by atoms with E-state index in [9.17, 15) is 4.79 Å². The molecule has 0 amide bonds. The fourth-order valence-corrected chi connectivity index (χ4v) is 3.98. The van der Waals surface area contributed by atoms with E-state index in [1.54, 1.807) is 4.57 Å². The van der Waals surface area contributed by atoms with E-state index >= 15 is 0 Å². The zero-order valence-corrected chi connectivity index (χ0v) is 16.7. The van der Waals surface area contributed by atoms with E-state index in [2.05, 4.69) is 35.3 Å². The SMILES string of the molecule is CC(C)(C)OC(=O)n1ccc2c3c(cc(-c4ccccc4)c21)[nH]c1ccccc13. The van der Waals surface area contributed by atoms with Gasteiger partial charge in [-0.25, -0.2) is 4.79 Å². The molecule has 5 rings (SSSR count). The summed E-state index contributed by atoms with van der Waals surface area (Å²) >= 11 is 0. The normalized spacial score (nSPS) is 12.1. The molecule has 0 aliphatic rings. The van der Waals surface area contributed by atoms with Gasteiger partial charge in [0.25, 0.3) is 0 Å². The summed E-state index contributed by atoms with van der Waals surface area (Å²) in [6.45, 7) is 5.64. The van der Waals surface area contributed by atoms with Crippen LogP contribution in [0.3, 0.4) is 0 Å². The molecule has 0 radical (unpaired) electrons. The Morgan fingerprint density at radius 2 is 1.62 bits per heavy atom. The Morgan fingerprint density at radius 3 is 2.38 bits per heavy atom. The largest absolute Gasteiger partial charge is 0.443 e. The second-order valence-corrected chi connectivity index (χ2v) is 8.31. The summed E-state index contributed by atoms with van der Waals surface area (Å²) in [5.41, 5.74) is 4.49. The molecule has 4 nitrogen and oxygen atoms in total. The zero-order chi connectivity index (χ0) is 20.2. The monoisotopic (exact) mass is 382 g/mol.